The number of aromatic nitrogens is 1. The normalized spacial score (nSPS) is 12.5. The van der Waals surface area contributed by atoms with Gasteiger partial charge in [0, 0.05) is 17.8 Å². The van der Waals surface area contributed by atoms with E-state index >= 15 is 0 Å². The van der Waals surface area contributed by atoms with Crippen LogP contribution in [0.5, 0.6) is 5.88 Å². The lowest BCUT2D eigenvalue weighted by Gasteiger charge is -2.13. The van der Waals surface area contributed by atoms with Crippen molar-refractivity contribution in [1.82, 2.24) is 4.98 Å². The first-order valence-corrected chi connectivity index (χ1v) is 6.39. The Labute approximate surface area is 113 Å². The van der Waals surface area contributed by atoms with Crippen LogP contribution in [0.15, 0.2) is 42.6 Å². The van der Waals surface area contributed by atoms with Crippen LogP contribution in [-0.2, 0) is 0 Å². The van der Waals surface area contributed by atoms with Crippen molar-refractivity contribution >= 4 is 0 Å². The Kier molecular flexibility index (Phi) is 4.17. The molecule has 3 nitrogen and oxygen atoms in total. The van der Waals surface area contributed by atoms with Crippen LogP contribution in [0.2, 0.25) is 0 Å². The van der Waals surface area contributed by atoms with Gasteiger partial charge in [0.25, 0.3) is 0 Å². The molecule has 1 unspecified atom stereocenters. The van der Waals surface area contributed by atoms with E-state index in [1.165, 1.54) is 5.56 Å². The Morgan fingerprint density at radius 2 is 1.53 bits per heavy atom. The smallest absolute Gasteiger partial charge is 0.212 e. The molecule has 0 amide bonds. The van der Waals surface area contributed by atoms with Gasteiger partial charge in [-0.1, -0.05) is 38.1 Å². The second kappa shape index (κ2) is 5.85. The third kappa shape index (κ3) is 3.12. The summed E-state index contributed by atoms with van der Waals surface area (Å²) >= 11 is 0. The van der Waals surface area contributed by atoms with E-state index in [2.05, 4.69) is 31.0 Å². The molecule has 0 spiro atoms. The summed E-state index contributed by atoms with van der Waals surface area (Å²) in [6.07, 6.45) is 0.986. The molecule has 1 aromatic carbocycles. The van der Waals surface area contributed by atoms with Gasteiger partial charge in [-0.25, -0.2) is 4.98 Å². The monoisotopic (exact) mass is 257 g/mol. The first kappa shape index (κ1) is 13.6. The van der Waals surface area contributed by atoms with Gasteiger partial charge < -0.3 is 9.84 Å². The van der Waals surface area contributed by atoms with Crippen molar-refractivity contribution < 1.29 is 9.84 Å². The number of benzene rings is 1. The molecule has 0 saturated carbocycles. The molecule has 100 valence electrons. The minimum Gasteiger partial charge on any atom is -0.481 e. The standard InChI is InChI=1S/C16H19NO2/c1-11(2)12-4-6-13(7-5-12)16(18)14-8-9-15(19-3)17-10-14/h4-11,16,18H,1-3H3. The third-order valence-corrected chi connectivity index (χ3v) is 3.20. The number of rotatable bonds is 4. The number of methoxy groups -OCH3 is 1. The quantitative estimate of drug-likeness (QED) is 0.913. The van der Waals surface area contributed by atoms with E-state index < -0.39 is 6.10 Å². The molecule has 0 fully saturated rings. The largest absolute Gasteiger partial charge is 0.481 e. The van der Waals surface area contributed by atoms with Crippen LogP contribution in [0.1, 0.15) is 42.6 Å². The molecule has 0 aliphatic heterocycles. The lowest BCUT2D eigenvalue weighted by atomic mass is 9.98. The second-order valence-electron chi connectivity index (χ2n) is 4.86. The molecule has 1 aromatic heterocycles. The van der Waals surface area contributed by atoms with Crippen LogP contribution in [0.3, 0.4) is 0 Å². The summed E-state index contributed by atoms with van der Waals surface area (Å²) in [5.41, 5.74) is 2.90. The highest BCUT2D eigenvalue weighted by Gasteiger charge is 2.11. The van der Waals surface area contributed by atoms with E-state index in [1.807, 2.05) is 18.2 Å². The maximum absolute atomic E-state index is 10.3. The van der Waals surface area contributed by atoms with Crippen LogP contribution >= 0.6 is 0 Å². The Bertz CT molecular complexity index is 517. The Morgan fingerprint density at radius 3 is 2.00 bits per heavy atom. The highest BCUT2D eigenvalue weighted by Crippen LogP contribution is 2.24. The highest BCUT2D eigenvalue weighted by atomic mass is 16.5. The van der Waals surface area contributed by atoms with Crippen molar-refractivity contribution in [3.63, 3.8) is 0 Å². The molecule has 1 atom stereocenters. The van der Waals surface area contributed by atoms with E-state index in [4.69, 9.17) is 4.74 Å². The molecule has 1 heterocycles. The van der Waals surface area contributed by atoms with E-state index in [1.54, 1.807) is 19.4 Å². The molecule has 2 aromatic rings. The van der Waals surface area contributed by atoms with Crippen molar-refractivity contribution in [3.8, 4) is 5.88 Å². The topological polar surface area (TPSA) is 42.4 Å². The summed E-state index contributed by atoms with van der Waals surface area (Å²) in [6.45, 7) is 4.30. The second-order valence-corrected chi connectivity index (χ2v) is 4.86. The molecule has 0 aliphatic rings. The Balaban J connectivity index is 2.20. The Morgan fingerprint density at radius 1 is 0.947 bits per heavy atom. The van der Waals surface area contributed by atoms with Crippen molar-refractivity contribution in [1.29, 1.82) is 0 Å². The fraction of sp³-hybridized carbons (Fsp3) is 0.312. The van der Waals surface area contributed by atoms with E-state index in [0.717, 1.165) is 11.1 Å². The predicted octanol–water partition coefficient (Wildman–Crippen LogP) is 3.30. The number of hydrogen-bond acceptors (Lipinski definition) is 3. The molecular formula is C16H19NO2. The first-order chi connectivity index (χ1) is 9.11. The van der Waals surface area contributed by atoms with Crippen molar-refractivity contribution in [2.75, 3.05) is 7.11 Å². The van der Waals surface area contributed by atoms with Gasteiger partial charge in [0.2, 0.25) is 5.88 Å². The molecule has 19 heavy (non-hydrogen) atoms. The highest BCUT2D eigenvalue weighted by molar-refractivity contribution is 5.32. The van der Waals surface area contributed by atoms with Gasteiger partial charge in [0.1, 0.15) is 6.10 Å². The van der Waals surface area contributed by atoms with Gasteiger partial charge in [-0.05, 0) is 23.1 Å². The minimum absolute atomic E-state index is 0.494. The summed E-state index contributed by atoms with van der Waals surface area (Å²) in [6, 6.07) is 11.6. The SMILES string of the molecule is COc1ccc(C(O)c2ccc(C(C)C)cc2)cn1. The van der Waals surface area contributed by atoms with Crippen LogP contribution in [-0.4, -0.2) is 17.2 Å². The number of ether oxygens (including phenoxy) is 1. The van der Waals surface area contributed by atoms with E-state index in [9.17, 15) is 5.11 Å². The van der Waals surface area contributed by atoms with Crippen LogP contribution in [0.4, 0.5) is 0 Å². The summed E-state index contributed by atoms with van der Waals surface area (Å²) in [5.74, 6) is 1.04. The summed E-state index contributed by atoms with van der Waals surface area (Å²) in [7, 11) is 1.57. The fourth-order valence-corrected chi connectivity index (χ4v) is 1.93. The fourth-order valence-electron chi connectivity index (χ4n) is 1.93. The average Bonchev–Trinajstić information content (AvgIpc) is 2.46. The van der Waals surface area contributed by atoms with Gasteiger partial charge in [-0.2, -0.15) is 0 Å². The third-order valence-electron chi connectivity index (χ3n) is 3.20. The molecule has 0 aliphatic carbocycles. The zero-order valence-corrected chi connectivity index (χ0v) is 11.5. The van der Waals surface area contributed by atoms with Crippen LogP contribution in [0.25, 0.3) is 0 Å². The predicted molar refractivity (Wildman–Crippen MR) is 75.4 cm³/mol. The van der Waals surface area contributed by atoms with Crippen molar-refractivity contribution in [2.45, 2.75) is 25.9 Å². The molecule has 3 heteroatoms. The molecule has 0 radical (unpaired) electrons. The van der Waals surface area contributed by atoms with E-state index in [-0.39, 0.29) is 0 Å². The first-order valence-electron chi connectivity index (χ1n) is 6.39. The van der Waals surface area contributed by atoms with Crippen LogP contribution in [0, 0.1) is 0 Å². The average molecular weight is 257 g/mol. The number of aliphatic hydroxyl groups excluding tert-OH is 1. The maximum Gasteiger partial charge on any atom is 0.212 e. The molecule has 2 rings (SSSR count). The number of nitrogens with zero attached hydrogens (tertiary/aromatic N) is 1. The van der Waals surface area contributed by atoms with Gasteiger partial charge in [-0.15, -0.1) is 0 Å². The summed E-state index contributed by atoms with van der Waals surface area (Å²) in [5, 5.41) is 10.3. The van der Waals surface area contributed by atoms with Gasteiger partial charge in [0.15, 0.2) is 0 Å². The Hall–Kier alpha value is -1.87. The number of pyridine rings is 1. The van der Waals surface area contributed by atoms with Crippen molar-refractivity contribution in [3.05, 3.63) is 59.3 Å². The maximum atomic E-state index is 10.3. The van der Waals surface area contributed by atoms with Gasteiger partial charge in [-0.3, -0.25) is 0 Å². The molecule has 1 N–H and O–H groups in total. The lowest BCUT2D eigenvalue weighted by Crippen LogP contribution is -2.01. The summed E-state index contributed by atoms with van der Waals surface area (Å²) < 4.78 is 5.00. The molecule has 0 bridgehead atoms. The minimum atomic E-state index is -0.653. The number of aliphatic hydroxyl groups is 1. The molecule has 0 saturated heterocycles. The molecular weight excluding hydrogens is 238 g/mol. The summed E-state index contributed by atoms with van der Waals surface area (Å²) in [4.78, 5) is 4.11. The lowest BCUT2D eigenvalue weighted by molar-refractivity contribution is 0.219. The van der Waals surface area contributed by atoms with Crippen LogP contribution < -0.4 is 4.74 Å². The van der Waals surface area contributed by atoms with Crippen molar-refractivity contribution in [2.24, 2.45) is 0 Å². The van der Waals surface area contributed by atoms with E-state index in [0.29, 0.717) is 11.8 Å². The van der Waals surface area contributed by atoms with Gasteiger partial charge in [0.05, 0.1) is 7.11 Å². The zero-order valence-electron chi connectivity index (χ0n) is 11.5. The van der Waals surface area contributed by atoms with Gasteiger partial charge >= 0.3 is 0 Å². The number of hydrogen-bond donors (Lipinski definition) is 1. The zero-order chi connectivity index (χ0) is 13.8.